The number of benzene rings is 2. The lowest BCUT2D eigenvalue weighted by Crippen LogP contribution is -2.04. The third kappa shape index (κ3) is 2.43. The van der Waals surface area contributed by atoms with Crippen LogP contribution in [-0.2, 0) is 0 Å². The molecular formula is C16H13IN2O. The summed E-state index contributed by atoms with van der Waals surface area (Å²) >= 11 is 2.14. The smallest absolute Gasteiger partial charge is 0.133 e. The lowest BCUT2D eigenvalue weighted by atomic mass is 9.88. The number of phenolic OH excluding ortho intramolecular Hbond substituents is 1. The van der Waals surface area contributed by atoms with Crippen LogP contribution in [0.5, 0.6) is 5.75 Å². The molecule has 1 aromatic heterocycles. The Labute approximate surface area is 130 Å². The molecule has 1 atom stereocenters. The topological polar surface area (TPSA) is 48.9 Å². The third-order valence-electron chi connectivity index (χ3n) is 3.29. The number of rotatable bonds is 3. The van der Waals surface area contributed by atoms with Crippen molar-refractivity contribution in [2.45, 2.75) is 5.92 Å². The van der Waals surface area contributed by atoms with Crippen LogP contribution in [0.2, 0.25) is 0 Å². The molecule has 0 aliphatic rings. The van der Waals surface area contributed by atoms with Gasteiger partial charge in [-0.15, -0.1) is 0 Å². The molecule has 0 aliphatic carbocycles. The summed E-state index contributed by atoms with van der Waals surface area (Å²) in [5, 5.41) is 10.4. The minimum atomic E-state index is -0.0478. The Morgan fingerprint density at radius 2 is 1.85 bits per heavy atom. The van der Waals surface area contributed by atoms with E-state index in [1.165, 1.54) is 0 Å². The molecule has 2 aromatic carbocycles. The van der Waals surface area contributed by atoms with E-state index in [1.54, 1.807) is 12.5 Å². The van der Waals surface area contributed by atoms with Gasteiger partial charge in [-0.05, 0) is 34.2 Å². The first-order valence-corrected chi connectivity index (χ1v) is 7.36. The van der Waals surface area contributed by atoms with Gasteiger partial charge in [0.15, 0.2) is 0 Å². The number of imidazole rings is 1. The number of aromatic nitrogens is 2. The highest BCUT2D eigenvalue weighted by atomic mass is 127. The summed E-state index contributed by atoms with van der Waals surface area (Å²) in [6, 6.07) is 15.9. The first-order chi connectivity index (χ1) is 9.77. The number of H-pyrrole nitrogens is 1. The van der Waals surface area contributed by atoms with Gasteiger partial charge < -0.3 is 10.1 Å². The van der Waals surface area contributed by atoms with Gasteiger partial charge in [-0.1, -0.05) is 42.5 Å². The molecule has 0 radical (unpaired) electrons. The molecule has 1 heterocycles. The van der Waals surface area contributed by atoms with Gasteiger partial charge in [0.25, 0.3) is 0 Å². The Hall–Kier alpha value is -1.82. The molecule has 0 saturated carbocycles. The highest BCUT2D eigenvalue weighted by Gasteiger charge is 2.21. The Kier molecular flexibility index (Phi) is 3.73. The molecular weight excluding hydrogens is 363 g/mol. The van der Waals surface area contributed by atoms with Gasteiger partial charge in [-0.3, -0.25) is 0 Å². The number of phenols is 1. The largest absolute Gasteiger partial charge is 0.507 e. The van der Waals surface area contributed by atoms with Crippen molar-refractivity contribution in [3.63, 3.8) is 0 Å². The van der Waals surface area contributed by atoms with Crippen molar-refractivity contribution in [3.05, 3.63) is 81.4 Å². The van der Waals surface area contributed by atoms with E-state index in [2.05, 4.69) is 44.7 Å². The lowest BCUT2D eigenvalue weighted by Gasteiger charge is -2.18. The summed E-state index contributed by atoms with van der Waals surface area (Å²) in [7, 11) is 0. The molecule has 3 nitrogen and oxygen atoms in total. The number of halogens is 1. The Morgan fingerprint density at radius 3 is 2.55 bits per heavy atom. The molecule has 0 amide bonds. The normalized spacial score (nSPS) is 12.2. The third-order valence-corrected chi connectivity index (χ3v) is 4.16. The van der Waals surface area contributed by atoms with Crippen molar-refractivity contribution >= 4 is 22.6 Å². The van der Waals surface area contributed by atoms with Crippen molar-refractivity contribution in [3.8, 4) is 5.75 Å². The van der Waals surface area contributed by atoms with Gasteiger partial charge in [-0.2, -0.15) is 0 Å². The van der Waals surface area contributed by atoms with Gasteiger partial charge in [-0.25, -0.2) is 4.98 Å². The zero-order valence-electron chi connectivity index (χ0n) is 10.6. The van der Waals surface area contributed by atoms with Crippen LogP contribution in [0.1, 0.15) is 22.7 Å². The van der Waals surface area contributed by atoms with E-state index >= 15 is 0 Å². The summed E-state index contributed by atoms with van der Waals surface area (Å²) in [5.74, 6) is 0.282. The second-order valence-corrected chi connectivity index (χ2v) is 5.69. The SMILES string of the molecule is Oc1c(I)cccc1C(c1ccccc1)c1cnc[nH]1. The van der Waals surface area contributed by atoms with Gasteiger partial charge in [0.05, 0.1) is 15.8 Å². The number of aromatic hydroxyl groups is 1. The number of nitrogens with one attached hydrogen (secondary N) is 1. The minimum absolute atomic E-state index is 0.0478. The van der Waals surface area contributed by atoms with Crippen molar-refractivity contribution in [2.75, 3.05) is 0 Å². The molecule has 0 saturated heterocycles. The maximum Gasteiger partial charge on any atom is 0.133 e. The van der Waals surface area contributed by atoms with E-state index in [9.17, 15) is 5.11 Å². The number of hydrogen-bond donors (Lipinski definition) is 2. The van der Waals surface area contributed by atoms with Crippen LogP contribution in [0.25, 0.3) is 0 Å². The molecule has 1 unspecified atom stereocenters. The van der Waals surface area contributed by atoms with E-state index in [-0.39, 0.29) is 5.92 Å². The van der Waals surface area contributed by atoms with Crippen molar-refractivity contribution < 1.29 is 5.11 Å². The minimum Gasteiger partial charge on any atom is -0.507 e. The fourth-order valence-corrected chi connectivity index (χ4v) is 2.88. The molecule has 0 fully saturated rings. The molecule has 0 spiro atoms. The summed E-state index contributed by atoms with van der Waals surface area (Å²) in [4.78, 5) is 7.26. The van der Waals surface area contributed by atoms with E-state index in [1.807, 2.05) is 36.4 Å². The summed E-state index contributed by atoms with van der Waals surface area (Å²) in [6.45, 7) is 0. The predicted octanol–water partition coefficient (Wildman–Crippen LogP) is 3.90. The molecule has 3 rings (SSSR count). The highest BCUT2D eigenvalue weighted by Crippen LogP contribution is 2.37. The maximum absolute atomic E-state index is 10.4. The summed E-state index contributed by atoms with van der Waals surface area (Å²) in [6.07, 6.45) is 3.47. The standard InChI is InChI=1S/C16H13IN2O/c17-13-8-4-7-12(16(13)20)15(14-9-18-10-19-14)11-5-2-1-3-6-11/h1-10,15,20H,(H,18,19). The van der Waals surface area contributed by atoms with Gasteiger partial charge >= 0.3 is 0 Å². The second-order valence-electron chi connectivity index (χ2n) is 4.53. The highest BCUT2D eigenvalue weighted by molar-refractivity contribution is 14.1. The van der Waals surface area contributed by atoms with Crippen LogP contribution in [0, 0.1) is 3.57 Å². The lowest BCUT2D eigenvalue weighted by molar-refractivity contribution is 0.463. The average molecular weight is 376 g/mol. The molecule has 2 N–H and O–H groups in total. The number of nitrogens with zero attached hydrogens (tertiary/aromatic N) is 1. The Morgan fingerprint density at radius 1 is 1.05 bits per heavy atom. The zero-order chi connectivity index (χ0) is 13.9. The van der Waals surface area contributed by atoms with Crippen molar-refractivity contribution in [1.82, 2.24) is 9.97 Å². The monoisotopic (exact) mass is 376 g/mol. The quantitative estimate of drug-likeness (QED) is 0.682. The molecule has 100 valence electrons. The van der Waals surface area contributed by atoms with Crippen LogP contribution in [0.3, 0.4) is 0 Å². The number of aromatic amines is 1. The van der Waals surface area contributed by atoms with E-state index in [4.69, 9.17) is 0 Å². The number of hydrogen-bond acceptors (Lipinski definition) is 2. The molecule has 4 heteroatoms. The van der Waals surface area contributed by atoms with Crippen LogP contribution >= 0.6 is 22.6 Å². The van der Waals surface area contributed by atoms with Gasteiger partial charge in [0, 0.05) is 17.5 Å². The molecule has 0 bridgehead atoms. The summed E-state index contributed by atoms with van der Waals surface area (Å²) < 4.78 is 0.848. The van der Waals surface area contributed by atoms with Crippen molar-refractivity contribution in [2.24, 2.45) is 0 Å². The van der Waals surface area contributed by atoms with E-state index in [0.29, 0.717) is 5.75 Å². The van der Waals surface area contributed by atoms with Crippen LogP contribution < -0.4 is 0 Å². The van der Waals surface area contributed by atoms with E-state index < -0.39 is 0 Å². The molecule has 3 aromatic rings. The fourth-order valence-electron chi connectivity index (χ4n) is 2.36. The van der Waals surface area contributed by atoms with Crippen LogP contribution in [-0.4, -0.2) is 15.1 Å². The zero-order valence-corrected chi connectivity index (χ0v) is 12.8. The first-order valence-electron chi connectivity index (χ1n) is 6.28. The number of para-hydroxylation sites is 1. The van der Waals surface area contributed by atoms with E-state index in [0.717, 1.165) is 20.4 Å². The van der Waals surface area contributed by atoms with Gasteiger partial charge in [0.2, 0.25) is 0 Å². The van der Waals surface area contributed by atoms with Gasteiger partial charge in [0.1, 0.15) is 5.75 Å². The second kappa shape index (κ2) is 5.66. The van der Waals surface area contributed by atoms with Crippen LogP contribution in [0.15, 0.2) is 61.1 Å². The summed E-state index contributed by atoms with van der Waals surface area (Å²) in [5.41, 5.74) is 2.97. The fraction of sp³-hybridized carbons (Fsp3) is 0.0625. The van der Waals surface area contributed by atoms with Crippen molar-refractivity contribution in [1.29, 1.82) is 0 Å². The molecule has 0 aliphatic heterocycles. The predicted molar refractivity (Wildman–Crippen MR) is 86.8 cm³/mol. The maximum atomic E-state index is 10.4. The molecule has 20 heavy (non-hydrogen) atoms. The Balaban J connectivity index is 2.19. The average Bonchev–Trinajstić information content (AvgIpc) is 2.99. The van der Waals surface area contributed by atoms with Crippen LogP contribution in [0.4, 0.5) is 0 Å². The first kappa shape index (κ1) is 13.2. The Bertz CT molecular complexity index is 696.